The molecule has 0 saturated carbocycles. The highest BCUT2D eigenvalue weighted by Gasteiger charge is 2.09. The average Bonchev–Trinajstić information content (AvgIpc) is 2.27. The van der Waals surface area contributed by atoms with Crippen molar-refractivity contribution in [2.75, 3.05) is 7.11 Å². The molecule has 1 aromatic rings. The van der Waals surface area contributed by atoms with Gasteiger partial charge in [0.2, 0.25) is 0 Å². The molecular weight excluding hydrogens is 176 g/mol. The van der Waals surface area contributed by atoms with E-state index in [1.165, 1.54) is 5.56 Å². The molecule has 0 heterocycles. The predicted molar refractivity (Wildman–Crippen MR) is 57.6 cm³/mol. The molecule has 0 aliphatic rings. The summed E-state index contributed by atoms with van der Waals surface area (Å²) < 4.78 is 5.30. The van der Waals surface area contributed by atoms with Crippen LogP contribution in [-0.2, 0) is 6.61 Å². The molecule has 0 bridgehead atoms. The van der Waals surface area contributed by atoms with Gasteiger partial charge in [0, 0.05) is 0 Å². The number of methoxy groups -OCH3 is 1. The Bertz CT molecular complexity index is 294. The van der Waals surface area contributed by atoms with Crippen LogP contribution in [0.4, 0.5) is 0 Å². The molecule has 2 nitrogen and oxygen atoms in total. The van der Waals surface area contributed by atoms with Crippen LogP contribution < -0.4 is 4.74 Å². The second-order valence-electron chi connectivity index (χ2n) is 3.54. The minimum absolute atomic E-state index is 0.0666. The van der Waals surface area contributed by atoms with Gasteiger partial charge in [0.05, 0.1) is 13.7 Å². The molecule has 0 spiro atoms. The van der Waals surface area contributed by atoms with Crippen LogP contribution in [0.5, 0.6) is 5.75 Å². The lowest BCUT2D eigenvalue weighted by atomic mass is 9.96. The maximum atomic E-state index is 8.99. The van der Waals surface area contributed by atoms with E-state index >= 15 is 0 Å². The molecule has 0 aliphatic heterocycles. The fourth-order valence-corrected chi connectivity index (χ4v) is 1.48. The van der Waals surface area contributed by atoms with E-state index in [1.807, 2.05) is 18.2 Å². The predicted octanol–water partition coefficient (Wildman–Crippen LogP) is 2.70. The lowest BCUT2D eigenvalue weighted by Crippen LogP contribution is -1.97. The molecule has 14 heavy (non-hydrogen) atoms. The summed E-state index contributed by atoms with van der Waals surface area (Å²) in [5.41, 5.74) is 2.11. The van der Waals surface area contributed by atoms with Gasteiger partial charge in [-0.25, -0.2) is 0 Å². The van der Waals surface area contributed by atoms with E-state index in [0.29, 0.717) is 5.92 Å². The Labute approximate surface area is 85.5 Å². The number of aliphatic hydroxyl groups excluding tert-OH is 1. The maximum Gasteiger partial charge on any atom is 0.122 e. The van der Waals surface area contributed by atoms with Crippen LogP contribution in [0.1, 0.15) is 37.3 Å². The molecule has 1 rings (SSSR count). The van der Waals surface area contributed by atoms with E-state index in [4.69, 9.17) is 9.84 Å². The van der Waals surface area contributed by atoms with E-state index in [9.17, 15) is 0 Å². The Balaban J connectivity index is 3.04. The van der Waals surface area contributed by atoms with Crippen molar-refractivity contribution in [2.45, 2.75) is 32.8 Å². The molecule has 0 aliphatic carbocycles. The van der Waals surface area contributed by atoms with E-state index in [2.05, 4.69) is 13.8 Å². The molecule has 0 radical (unpaired) electrons. The van der Waals surface area contributed by atoms with Crippen LogP contribution >= 0.6 is 0 Å². The van der Waals surface area contributed by atoms with Crippen LogP contribution in [0.25, 0.3) is 0 Å². The van der Waals surface area contributed by atoms with Crippen molar-refractivity contribution < 1.29 is 9.84 Å². The molecule has 1 aromatic carbocycles. The summed E-state index contributed by atoms with van der Waals surface area (Å²) in [7, 11) is 1.67. The summed E-state index contributed by atoms with van der Waals surface area (Å²) in [4.78, 5) is 0. The Morgan fingerprint density at radius 1 is 1.43 bits per heavy atom. The minimum Gasteiger partial charge on any atom is -0.496 e. The highest BCUT2D eigenvalue weighted by Crippen LogP contribution is 2.29. The van der Waals surface area contributed by atoms with E-state index in [1.54, 1.807) is 7.11 Å². The number of benzene rings is 1. The van der Waals surface area contributed by atoms with Crippen LogP contribution in [0.2, 0.25) is 0 Å². The fourth-order valence-electron chi connectivity index (χ4n) is 1.48. The molecule has 1 atom stereocenters. The van der Waals surface area contributed by atoms with Crippen LogP contribution in [-0.4, -0.2) is 12.2 Å². The van der Waals surface area contributed by atoms with Gasteiger partial charge in [0.15, 0.2) is 0 Å². The molecular formula is C12H18O2. The lowest BCUT2D eigenvalue weighted by Gasteiger charge is -2.14. The van der Waals surface area contributed by atoms with Gasteiger partial charge in [-0.3, -0.25) is 0 Å². The molecule has 0 amide bonds. The molecule has 0 fully saturated rings. The summed E-state index contributed by atoms with van der Waals surface area (Å²) in [6.45, 7) is 4.40. The zero-order valence-corrected chi connectivity index (χ0v) is 9.08. The maximum absolute atomic E-state index is 8.99. The summed E-state index contributed by atoms with van der Waals surface area (Å²) in [5, 5.41) is 8.99. The lowest BCUT2D eigenvalue weighted by molar-refractivity contribution is 0.281. The Morgan fingerprint density at radius 3 is 2.64 bits per heavy atom. The topological polar surface area (TPSA) is 29.5 Å². The van der Waals surface area contributed by atoms with Gasteiger partial charge in [-0.15, -0.1) is 0 Å². The molecule has 1 N–H and O–H groups in total. The van der Waals surface area contributed by atoms with E-state index in [0.717, 1.165) is 17.7 Å². The smallest absolute Gasteiger partial charge is 0.122 e. The quantitative estimate of drug-likeness (QED) is 0.798. The largest absolute Gasteiger partial charge is 0.496 e. The Kier molecular flexibility index (Phi) is 3.96. The first kappa shape index (κ1) is 11.1. The summed E-state index contributed by atoms with van der Waals surface area (Å²) in [6.07, 6.45) is 1.09. The van der Waals surface area contributed by atoms with Crippen LogP contribution in [0.15, 0.2) is 18.2 Å². The van der Waals surface area contributed by atoms with Crippen molar-refractivity contribution in [2.24, 2.45) is 0 Å². The fraction of sp³-hybridized carbons (Fsp3) is 0.500. The average molecular weight is 194 g/mol. The first-order valence-electron chi connectivity index (χ1n) is 5.00. The summed E-state index contributed by atoms with van der Waals surface area (Å²) in [5.74, 6) is 1.38. The zero-order valence-electron chi connectivity index (χ0n) is 9.08. The number of ether oxygens (including phenoxy) is 1. The van der Waals surface area contributed by atoms with Gasteiger partial charge in [0.1, 0.15) is 5.75 Å². The first-order chi connectivity index (χ1) is 6.72. The SMILES string of the molecule is CCC(C)c1ccc(CO)cc1OC. The molecule has 78 valence electrons. The molecule has 2 heteroatoms. The third-order valence-electron chi connectivity index (χ3n) is 2.62. The third kappa shape index (κ3) is 2.26. The molecule has 0 saturated heterocycles. The van der Waals surface area contributed by atoms with E-state index in [-0.39, 0.29) is 6.61 Å². The number of hydrogen-bond donors (Lipinski definition) is 1. The van der Waals surface area contributed by atoms with Crippen molar-refractivity contribution >= 4 is 0 Å². The molecule has 0 aromatic heterocycles. The van der Waals surface area contributed by atoms with Gasteiger partial charge in [-0.1, -0.05) is 26.0 Å². The number of aliphatic hydroxyl groups is 1. The second-order valence-corrected chi connectivity index (χ2v) is 3.54. The minimum atomic E-state index is 0.0666. The van der Waals surface area contributed by atoms with Gasteiger partial charge in [-0.2, -0.15) is 0 Å². The summed E-state index contributed by atoms with van der Waals surface area (Å²) in [6, 6.07) is 5.89. The van der Waals surface area contributed by atoms with Gasteiger partial charge in [-0.05, 0) is 29.5 Å². The monoisotopic (exact) mass is 194 g/mol. The van der Waals surface area contributed by atoms with Crippen molar-refractivity contribution in [3.63, 3.8) is 0 Å². The standard InChI is InChI=1S/C12H18O2/c1-4-9(2)11-6-5-10(8-13)7-12(11)14-3/h5-7,9,13H,4,8H2,1-3H3. The molecule has 1 unspecified atom stereocenters. The normalized spacial score (nSPS) is 12.6. The Hall–Kier alpha value is -1.02. The van der Waals surface area contributed by atoms with Crippen molar-refractivity contribution in [1.82, 2.24) is 0 Å². The van der Waals surface area contributed by atoms with Crippen molar-refractivity contribution in [1.29, 1.82) is 0 Å². The number of hydrogen-bond acceptors (Lipinski definition) is 2. The second kappa shape index (κ2) is 5.01. The number of rotatable bonds is 4. The van der Waals surface area contributed by atoms with Gasteiger partial charge >= 0.3 is 0 Å². The first-order valence-corrected chi connectivity index (χ1v) is 5.00. The van der Waals surface area contributed by atoms with Crippen LogP contribution in [0.3, 0.4) is 0 Å². The van der Waals surface area contributed by atoms with Crippen molar-refractivity contribution in [3.05, 3.63) is 29.3 Å². The Morgan fingerprint density at radius 2 is 2.14 bits per heavy atom. The van der Waals surface area contributed by atoms with Gasteiger partial charge in [0.25, 0.3) is 0 Å². The van der Waals surface area contributed by atoms with E-state index < -0.39 is 0 Å². The van der Waals surface area contributed by atoms with Crippen LogP contribution in [0, 0.1) is 0 Å². The third-order valence-corrected chi connectivity index (χ3v) is 2.62. The summed E-state index contributed by atoms with van der Waals surface area (Å²) >= 11 is 0. The zero-order chi connectivity index (χ0) is 10.6. The highest BCUT2D eigenvalue weighted by molar-refractivity contribution is 5.39. The highest BCUT2D eigenvalue weighted by atomic mass is 16.5. The van der Waals surface area contributed by atoms with Gasteiger partial charge < -0.3 is 9.84 Å². The van der Waals surface area contributed by atoms with Crippen molar-refractivity contribution in [3.8, 4) is 5.75 Å².